The lowest BCUT2D eigenvalue weighted by molar-refractivity contribution is -0.124. The number of aromatic nitrogens is 1. The van der Waals surface area contributed by atoms with Crippen molar-refractivity contribution in [1.82, 2.24) is 10.3 Å². The zero-order chi connectivity index (χ0) is 21.8. The van der Waals surface area contributed by atoms with Crippen molar-refractivity contribution in [3.8, 4) is 5.75 Å². The Kier molecular flexibility index (Phi) is 6.16. The van der Waals surface area contributed by atoms with Crippen molar-refractivity contribution >= 4 is 22.8 Å². The number of amides is 1. The highest BCUT2D eigenvalue weighted by molar-refractivity contribution is 6.05. The van der Waals surface area contributed by atoms with E-state index < -0.39 is 5.97 Å². The van der Waals surface area contributed by atoms with Crippen molar-refractivity contribution in [2.24, 2.45) is 0 Å². The Balaban J connectivity index is 1.48. The van der Waals surface area contributed by atoms with Crippen LogP contribution < -0.4 is 10.1 Å². The number of ether oxygens (including phenoxy) is 2. The fourth-order valence-electron chi connectivity index (χ4n) is 4.01. The van der Waals surface area contributed by atoms with Crippen molar-refractivity contribution in [3.63, 3.8) is 0 Å². The number of pyridine rings is 1. The van der Waals surface area contributed by atoms with Gasteiger partial charge in [-0.1, -0.05) is 23.8 Å². The number of rotatable bonds is 6. The summed E-state index contributed by atoms with van der Waals surface area (Å²) in [6.45, 7) is 1.99. The van der Waals surface area contributed by atoms with Crippen LogP contribution in [0, 0.1) is 6.92 Å². The first-order valence-electron chi connectivity index (χ1n) is 10.5. The molecule has 4 rings (SSSR count). The van der Waals surface area contributed by atoms with Gasteiger partial charge < -0.3 is 14.8 Å². The van der Waals surface area contributed by atoms with Crippen LogP contribution in [0.15, 0.2) is 42.5 Å². The fraction of sp³-hybridized carbons (Fsp3) is 0.320. The molecule has 0 bridgehead atoms. The van der Waals surface area contributed by atoms with Crippen LogP contribution >= 0.6 is 0 Å². The Labute approximate surface area is 181 Å². The summed E-state index contributed by atoms with van der Waals surface area (Å²) in [6, 6.07) is 13.4. The molecule has 160 valence electrons. The smallest absolute Gasteiger partial charge is 0.339 e. The maximum absolute atomic E-state index is 13.1. The number of benzene rings is 2. The third kappa shape index (κ3) is 4.68. The predicted octanol–water partition coefficient (Wildman–Crippen LogP) is 3.90. The summed E-state index contributed by atoms with van der Waals surface area (Å²) in [6.07, 6.45) is 3.75. The van der Waals surface area contributed by atoms with Crippen molar-refractivity contribution < 1.29 is 19.1 Å². The van der Waals surface area contributed by atoms with Crippen molar-refractivity contribution in [2.45, 2.75) is 39.2 Å². The average molecular weight is 418 g/mol. The van der Waals surface area contributed by atoms with Gasteiger partial charge in [0.15, 0.2) is 6.61 Å². The Morgan fingerprint density at radius 3 is 2.77 bits per heavy atom. The number of hydrogen-bond donors (Lipinski definition) is 1. The summed E-state index contributed by atoms with van der Waals surface area (Å²) in [5.74, 6) is -0.0879. The molecule has 0 aliphatic heterocycles. The maximum atomic E-state index is 13.1. The molecule has 0 atom stereocenters. The number of nitrogens with one attached hydrogen (secondary N) is 1. The summed E-state index contributed by atoms with van der Waals surface area (Å²) >= 11 is 0. The second kappa shape index (κ2) is 9.16. The fourth-order valence-corrected chi connectivity index (χ4v) is 4.01. The van der Waals surface area contributed by atoms with Crippen molar-refractivity contribution in [2.75, 3.05) is 13.7 Å². The molecule has 1 N–H and O–H groups in total. The lowest BCUT2D eigenvalue weighted by atomic mass is 9.89. The molecule has 0 saturated carbocycles. The minimum Gasteiger partial charge on any atom is -0.497 e. The van der Waals surface area contributed by atoms with Gasteiger partial charge in [0.25, 0.3) is 5.91 Å². The molecule has 1 aromatic heterocycles. The Bertz CT molecular complexity index is 1140. The molecular weight excluding hydrogens is 392 g/mol. The molecule has 0 saturated heterocycles. The molecule has 1 aliphatic carbocycles. The first-order valence-corrected chi connectivity index (χ1v) is 10.5. The van der Waals surface area contributed by atoms with Gasteiger partial charge in [-0.05, 0) is 68.0 Å². The summed E-state index contributed by atoms with van der Waals surface area (Å²) in [5, 5.41) is 3.58. The van der Waals surface area contributed by atoms with Gasteiger partial charge in [0.1, 0.15) is 5.75 Å². The number of nitrogens with zero attached hydrogens (tertiary/aromatic N) is 1. The molecule has 1 heterocycles. The quantitative estimate of drug-likeness (QED) is 0.614. The van der Waals surface area contributed by atoms with Gasteiger partial charge in [0, 0.05) is 17.6 Å². The van der Waals surface area contributed by atoms with Gasteiger partial charge in [0.2, 0.25) is 0 Å². The van der Waals surface area contributed by atoms with E-state index in [4.69, 9.17) is 14.5 Å². The first kappa shape index (κ1) is 20.8. The van der Waals surface area contributed by atoms with Crippen LogP contribution in [0.5, 0.6) is 5.75 Å². The third-order valence-electron chi connectivity index (χ3n) is 5.58. The van der Waals surface area contributed by atoms with Gasteiger partial charge in [0.05, 0.1) is 18.2 Å². The first-order chi connectivity index (χ1) is 15.0. The lowest BCUT2D eigenvalue weighted by Crippen LogP contribution is -2.28. The van der Waals surface area contributed by atoms with Gasteiger partial charge in [-0.2, -0.15) is 0 Å². The highest BCUT2D eigenvalue weighted by atomic mass is 16.5. The van der Waals surface area contributed by atoms with Gasteiger partial charge in [-0.3, -0.25) is 9.78 Å². The summed E-state index contributed by atoms with van der Waals surface area (Å²) in [7, 11) is 1.60. The Morgan fingerprint density at radius 2 is 1.94 bits per heavy atom. The van der Waals surface area contributed by atoms with Crippen LogP contribution in [-0.4, -0.2) is 30.6 Å². The van der Waals surface area contributed by atoms with E-state index in [0.717, 1.165) is 64.7 Å². The van der Waals surface area contributed by atoms with Gasteiger partial charge in [-0.25, -0.2) is 4.79 Å². The zero-order valence-electron chi connectivity index (χ0n) is 17.9. The molecule has 6 heteroatoms. The predicted molar refractivity (Wildman–Crippen MR) is 118 cm³/mol. The summed E-state index contributed by atoms with van der Waals surface area (Å²) < 4.78 is 10.6. The monoisotopic (exact) mass is 418 g/mol. The maximum Gasteiger partial charge on any atom is 0.339 e. The number of carbonyl (C=O) groups excluding carboxylic acids is 2. The highest BCUT2D eigenvalue weighted by Crippen LogP contribution is 2.30. The molecule has 0 unspecified atom stereocenters. The number of methoxy groups -OCH3 is 1. The Morgan fingerprint density at radius 1 is 1.10 bits per heavy atom. The molecule has 6 nitrogen and oxygen atoms in total. The van der Waals surface area contributed by atoms with Crippen LogP contribution in [0.3, 0.4) is 0 Å². The van der Waals surface area contributed by atoms with E-state index in [-0.39, 0.29) is 12.5 Å². The number of carbonyl (C=O) groups is 2. The minimum absolute atomic E-state index is 0.326. The SMILES string of the molecule is COc1cccc(CNC(=O)COC(=O)c2c3c(nc4ccc(C)cc24)CCCC3)c1. The molecule has 2 aromatic carbocycles. The summed E-state index contributed by atoms with van der Waals surface area (Å²) in [5.41, 5.74) is 5.24. The topological polar surface area (TPSA) is 77.5 Å². The lowest BCUT2D eigenvalue weighted by Gasteiger charge is -2.20. The molecule has 0 fully saturated rings. The third-order valence-corrected chi connectivity index (χ3v) is 5.58. The highest BCUT2D eigenvalue weighted by Gasteiger charge is 2.24. The largest absolute Gasteiger partial charge is 0.497 e. The second-order valence-electron chi connectivity index (χ2n) is 7.84. The second-order valence-corrected chi connectivity index (χ2v) is 7.84. The van der Waals surface area contributed by atoms with Crippen molar-refractivity contribution in [3.05, 3.63) is 70.4 Å². The standard InChI is InChI=1S/C25H26N2O4/c1-16-10-11-22-20(12-16)24(19-8-3-4-9-21(19)27-22)25(29)31-15-23(28)26-14-17-6-5-7-18(13-17)30-2/h5-7,10-13H,3-4,8-9,14-15H2,1-2H3,(H,26,28). The van der Waals surface area contributed by atoms with Crippen molar-refractivity contribution in [1.29, 1.82) is 0 Å². The van der Waals surface area contributed by atoms with Crippen LogP contribution in [-0.2, 0) is 28.9 Å². The average Bonchev–Trinajstić information content (AvgIpc) is 2.79. The molecule has 0 spiro atoms. The number of fused-ring (bicyclic) bond motifs is 2. The van der Waals surface area contributed by atoms with Gasteiger partial charge in [-0.15, -0.1) is 0 Å². The van der Waals surface area contributed by atoms with E-state index in [1.165, 1.54) is 0 Å². The molecule has 1 aliphatic rings. The van der Waals surface area contributed by atoms with E-state index in [0.29, 0.717) is 12.1 Å². The van der Waals surface area contributed by atoms with E-state index in [1.54, 1.807) is 7.11 Å². The van der Waals surface area contributed by atoms with Crippen LogP contribution in [0.25, 0.3) is 10.9 Å². The molecule has 1 amide bonds. The van der Waals surface area contributed by atoms with Gasteiger partial charge >= 0.3 is 5.97 Å². The van der Waals surface area contributed by atoms with E-state index in [1.807, 2.05) is 49.4 Å². The molecular formula is C25H26N2O4. The molecule has 31 heavy (non-hydrogen) atoms. The van der Waals surface area contributed by atoms with E-state index in [2.05, 4.69) is 5.32 Å². The van der Waals surface area contributed by atoms with Crippen LogP contribution in [0.1, 0.15) is 45.6 Å². The summed E-state index contributed by atoms with van der Waals surface area (Å²) in [4.78, 5) is 30.1. The Hall–Kier alpha value is -3.41. The molecule has 3 aromatic rings. The minimum atomic E-state index is -0.465. The van der Waals surface area contributed by atoms with E-state index >= 15 is 0 Å². The number of aryl methyl sites for hydroxylation is 2. The zero-order valence-corrected chi connectivity index (χ0v) is 17.9. The van der Waals surface area contributed by atoms with E-state index in [9.17, 15) is 9.59 Å². The number of esters is 1. The van der Waals surface area contributed by atoms with Crippen LogP contribution in [0.2, 0.25) is 0 Å². The normalized spacial score (nSPS) is 12.8. The number of hydrogen-bond acceptors (Lipinski definition) is 5. The van der Waals surface area contributed by atoms with Crippen LogP contribution in [0.4, 0.5) is 0 Å². The molecule has 0 radical (unpaired) electrons.